The first kappa shape index (κ1) is 18.0. The maximum atomic E-state index is 4.32. The van der Waals surface area contributed by atoms with Gasteiger partial charge in [-0.2, -0.15) is 0 Å². The fourth-order valence-corrected chi connectivity index (χ4v) is 2.85. The first-order chi connectivity index (χ1) is 9.74. The van der Waals surface area contributed by atoms with Crippen molar-refractivity contribution in [2.75, 3.05) is 27.7 Å². The van der Waals surface area contributed by atoms with E-state index in [-0.39, 0.29) is 5.54 Å². The van der Waals surface area contributed by atoms with Gasteiger partial charge in [-0.05, 0) is 53.9 Å². The molecule has 4 nitrogen and oxygen atoms in total. The van der Waals surface area contributed by atoms with Gasteiger partial charge in [0.15, 0.2) is 5.96 Å². The summed E-state index contributed by atoms with van der Waals surface area (Å²) < 4.78 is 0. The van der Waals surface area contributed by atoms with Gasteiger partial charge in [0.2, 0.25) is 0 Å². The molecule has 1 rings (SSSR count). The molecular weight excluding hydrogens is 280 g/mol. The van der Waals surface area contributed by atoms with Crippen LogP contribution in [0.3, 0.4) is 0 Å². The number of nitrogens with zero attached hydrogens (tertiary/aromatic N) is 2. The van der Waals surface area contributed by atoms with Crippen molar-refractivity contribution in [3.05, 3.63) is 21.9 Å². The number of hydrogen-bond acceptors (Lipinski definition) is 3. The van der Waals surface area contributed by atoms with Gasteiger partial charge in [0.25, 0.3) is 0 Å². The molecule has 1 unspecified atom stereocenters. The zero-order valence-corrected chi connectivity index (χ0v) is 15.3. The first-order valence-corrected chi connectivity index (χ1v) is 8.26. The summed E-state index contributed by atoms with van der Waals surface area (Å²) in [6.07, 6.45) is 1.02. The van der Waals surface area contributed by atoms with Crippen LogP contribution in [0.2, 0.25) is 0 Å². The molecule has 0 saturated heterocycles. The molecule has 21 heavy (non-hydrogen) atoms. The Morgan fingerprint density at radius 3 is 2.52 bits per heavy atom. The van der Waals surface area contributed by atoms with Gasteiger partial charge in [-0.3, -0.25) is 4.99 Å². The lowest BCUT2D eigenvalue weighted by Crippen LogP contribution is -2.52. The highest BCUT2D eigenvalue weighted by Crippen LogP contribution is 2.16. The molecule has 2 N–H and O–H groups in total. The summed E-state index contributed by atoms with van der Waals surface area (Å²) in [5, 5.41) is 6.88. The molecule has 0 saturated carbocycles. The topological polar surface area (TPSA) is 39.7 Å². The van der Waals surface area contributed by atoms with Crippen LogP contribution in [0.5, 0.6) is 0 Å². The normalized spacial score (nSPS) is 14.4. The van der Waals surface area contributed by atoms with Crippen LogP contribution in [0.25, 0.3) is 0 Å². The molecule has 120 valence electrons. The largest absolute Gasteiger partial charge is 0.355 e. The number of rotatable bonds is 6. The molecule has 5 heteroatoms. The Labute approximate surface area is 133 Å². The average molecular weight is 311 g/mol. The van der Waals surface area contributed by atoms with Gasteiger partial charge >= 0.3 is 0 Å². The Bertz CT molecular complexity index is 463. The van der Waals surface area contributed by atoms with Crippen molar-refractivity contribution in [3.8, 4) is 0 Å². The lowest BCUT2D eigenvalue weighted by molar-refractivity contribution is 0.197. The van der Waals surface area contributed by atoms with Crippen molar-refractivity contribution >= 4 is 17.3 Å². The minimum atomic E-state index is 0.0890. The SMILES string of the molecule is CN=C(NCC(C)(C)N(C)C)NC(C)Cc1ccc(C)s1. The second-order valence-electron chi connectivity index (χ2n) is 6.39. The highest BCUT2D eigenvalue weighted by Gasteiger charge is 2.20. The van der Waals surface area contributed by atoms with E-state index in [1.165, 1.54) is 9.75 Å². The van der Waals surface area contributed by atoms with Crippen molar-refractivity contribution in [1.29, 1.82) is 0 Å². The minimum Gasteiger partial charge on any atom is -0.355 e. The molecule has 1 heterocycles. The molecule has 0 radical (unpaired) electrons. The average Bonchev–Trinajstić information content (AvgIpc) is 2.79. The Morgan fingerprint density at radius 2 is 2.05 bits per heavy atom. The molecule has 1 aromatic heterocycles. The third-order valence-corrected chi connectivity index (χ3v) is 4.83. The van der Waals surface area contributed by atoms with Crippen molar-refractivity contribution in [3.63, 3.8) is 0 Å². The Kier molecular flexibility index (Phi) is 6.68. The standard InChI is InChI=1S/C16H30N4S/c1-12(10-14-9-8-13(2)21-14)19-15(17-5)18-11-16(3,4)20(6)7/h8-9,12H,10-11H2,1-7H3,(H2,17,18,19). The van der Waals surface area contributed by atoms with Gasteiger partial charge in [0.1, 0.15) is 0 Å². The lowest BCUT2D eigenvalue weighted by atomic mass is 10.0. The molecule has 0 aliphatic rings. The van der Waals surface area contributed by atoms with E-state index in [1.54, 1.807) is 0 Å². The number of guanidine groups is 1. The predicted molar refractivity (Wildman–Crippen MR) is 94.5 cm³/mol. The number of likely N-dealkylation sites (N-methyl/N-ethyl adjacent to an activating group) is 1. The predicted octanol–water partition coefficient (Wildman–Crippen LogP) is 2.49. The van der Waals surface area contributed by atoms with E-state index in [0.29, 0.717) is 6.04 Å². The van der Waals surface area contributed by atoms with Crippen molar-refractivity contribution < 1.29 is 0 Å². The number of aryl methyl sites for hydroxylation is 1. The van der Waals surface area contributed by atoms with Crippen LogP contribution in [-0.2, 0) is 6.42 Å². The van der Waals surface area contributed by atoms with Crippen LogP contribution < -0.4 is 10.6 Å². The van der Waals surface area contributed by atoms with Crippen LogP contribution in [-0.4, -0.2) is 50.1 Å². The molecule has 1 atom stereocenters. The van der Waals surface area contributed by atoms with Crippen molar-refractivity contribution in [2.45, 2.75) is 45.7 Å². The maximum absolute atomic E-state index is 4.32. The molecule has 0 aliphatic heterocycles. The van der Waals surface area contributed by atoms with E-state index >= 15 is 0 Å². The second-order valence-corrected chi connectivity index (χ2v) is 7.77. The second kappa shape index (κ2) is 7.80. The molecule has 0 aliphatic carbocycles. The lowest BCUT2D eigenvalue weighted by Gasteiger charge is -2.33. The highest BCUT2D eigenvalue weighted by atomic mass is 32.1. The van der Waals surface area contributed by atoms with Gasteiger partial charge in [-0.25, -0.2) is 0 Å². The van der Waals surface area contributed by atoms with Crippen molar-refractivity contribution in [2.24, 2.45) is 4.99 Å². The molecule has 0 bridgehead atoms. The van der Waals surface area contributed by atoms with E-state index in [9.17, 15) is 0 Å². The number of nitrogens with one attached hydrogen (secondary N) is 2. The first-order valence-electron chi connectivity index (χ1n) is 7.44. The number of aliphatic imine (C=N–C) groups is 1. The van der Waals surface area contributed by atoms with E-state index < -0.39 is 0 Å². The van der Waals surface area contributed by atoms with Crippen molar-refractivity contribution in [1.82, 2.24) is 15.5 Å². The summed E-state index contributed by atoms with van der Waals surface area (Å²) in [7, 11) is 6.01. The Balaban J connectivity index is 2.47. The Morgan fingerprint density at radius 1 is 1.38 bits per heavy atom. The third kappa shape index (κ3) is 6.06. The van der Waals surface area contributed by atoms with Gasteiger partial charge in [-0.1, -0.05) is 0 Å². The highest BCUT2D eigenvalue weighted by molar-refractivity contribution is 7.11. The van der Waals surface area contributed by atoms with Crippen LogP contribution in [0.1, 0.15) is 30.5 Å². The van der Waals surface area contributed by atoms with Gasteiger partial charge in [-0.15, -0.1) is 11.3 Å². The van der Waals surface area contributed by atoms with E-state index in [2.05, 4.69) is 74.4 Å². The summed E-state index contributed by atoms with van der Waals surface area (Å²) in [5.41, 5.74) is 0.0890. The van der Waals surface area contributed by atoms with Crippen LogP contribution >= 0.6 is 11.3 Å². The summed E-state index contributed by atoms with van der Waals surface area (Å²) in [6, 6.07) is 4.75. The number of hydrogen-bond donors (Lipinski definition) is 2. The fourth-order valence-electron chi connectivity index (χ4n) is 1.83. The fraction of sp³-hybridized carbons (Fsp3) is 0.688. The molecular formula is C16H30N4S. The van der Waals surface area contributed by atoms with Gasteiger partial charge in [0, 0.05) is 41.3 Å². The molecule has 1 aromatic rings. The summed E-state index contributed by atoms with van der Waals surface area (Å²) in [4.78, 5) is 9.31. The molecule has 0 aromatic carbocycles. The van der Waals surface area contributed by atoms with Crippen LogP contribution in [0.4, 0.5) is 0 Å². The van der Waals surface area contributed by atoms with E-state index in [4.69, 9.17) is 0 Å². The smallest absolute Gasteiger partial charge is 0.191 e. The summed E-state index contributed by atoms with van der Waals surface area (Å²) in [5.74, 6) is 0.866. The molecule has 0 spiro atoms. The molecule has 0 fully saturated rings. The monoisotopic (exact) mass is 310 g/mol. The molecule has 0 amide bonds. The quantitative estimate of drug-likeness (QED) is 0.626. The number of thiophene rings is 1. The van der Waals surface area contributed by atoms with E-state index in [1.807, 2.05) is 18.4 Å². The maximum Gasteiger partial charge on any atom is 0.191 e. The summed E-state index contributed by atoms with van der Waals surface area (Å²) >= 11 is 1.87. The van der Waals surface area contributed by atoms with Gasteiger partial charge < -0.3 is 15.5 Å². The zero-order chi connectivity index (χ0) is 16.0. The van der Waals surface area contributed by atoms with E-state index in [0.717, 1.165) is 18.9 Å². The van der Waals surface area contributed by atoms with Crippen LogP contribution in [0.15, 0.2) is 17.1 Å². The Hall–Kier alpha value is -1.07. The third-order valence-electron chi connectivity index (χ3n) is 3.81. The summed E-state index contributed by atoms with van der Waals surface area (Å²) in [6.45, 7) is 9.62. The minimum absolute atomic E-state index is 0.0890. The van der Waals surface area contributed by atoms with Crippen LogP contribution in [0, 0.1) is 6.92 Å². The zero-order valence-electron chi connectivity index (χ0n) is 14.4. The van der Waals surface area contributed by atoms with Gasteiger partial charge in [0.05, 0.1) is 0 Å².